The zero-order chi connectivity index (χ0) is 14.9. The smallest absolute Gasteiger partial charge is 0.243 e. The van der Waals surface area contributed by atoms with Crippen LogP contribution in [0, 0.1) is 0 Å². The van der Waals surface area contributed by atoms with Crippen molar-refractivity contribution in [3.63, 3.8) is 0 Å². The lowest BCUT2D eigenvalue weighted by molar-refractivity contribution is -0.0170. The first-order valence-corrected chi connectivity index (χ1v) is 8.49. The summed E-state index contributed by atoms with van der Waals surface area (Å²) in [7, 11) is -3.43. The van der Waals surface area contributed by atoms with E-state index in [1.165, 1.54) is 0 Å². The number of rotatable bonds is 3. The predicted octanol–water partition coefficient (Wildman–Crippen LogP) is 2.61. The van der Waals surface area contributed by atoms with Gasteiger partial charge in [0.15, 0.2) is 0 Å². The van der Waals surface area contributed by atoms with Gasteiger partial charge >= 0.3 is 0 Å². The van der Waals surface area contributed by atoms with E-state index in [-0.39, 0.29) is 12.1 Å². The Balaban J connectivity index is 2.29. The van der Waals surface area contributed by atoms with Crippen molar-refractivity contribution in [1.82, 2.24) is 4.31 Å². The first-order valence-electron chi connectivity index (χ1n) is 7.05. The van der Waals surface area contributed by atoms with Crippen LogP contribution in [0.2, 0.25) is 0 Å². The molecule has 2 unspecified atom stereocenters. The van der Waals surface area contributed by atoms with Crippen LogP contribution in [0.5, 0.6) is 0 Å². The number of nitrogens with zero attached hydrogens (tertiary/aromatic N) is 1. The Morgan fingerprint density at radius 1 is 1.20 bits per heavy atom. The molecule has 0 saturated carbocycles. The quantitative estimate of drug-likeness (QED) is 0.861. The summed E-state index contributed by atoms with van der Waals surface area (Å²) in [6.07, 6.45) is -0.0593. The highest BCUT2D eigenvalue weighted by molar-refractivity contribution is 7.89. The molecular weight excluding hydrogens is 274 g/mol. The maximum absolute atomic E-state index is 12.7. The van der Waals surface area contributed by atoms with Crippen molar-refractivity contribution in [2.45, 2.75) is 50.7 Å². The molecule has 0 bridgehead atoms. The van der Waals surface area contributed by atoms with Crippen LogP contribution in [0.1, 0.15) is 39.2 Å². The van der Waals surface area contributed by atoms with Crippen molar-refractivity contribution < 1.29 is 13.2 Å². The second-order valence-corrected chi connectivity index (χ2v) is 7.68. The molecule has 1 saturated heterocycles. The standard InChI is InChI=1S/C15H23NO3S/c1-11(2)14-5-7-15(8-6-14)20(17,18)16-9-13(4)19-10-12(16)3/h5-8,11-13H,9-10H2,1-4H3. The molecule has 0 aromatic heterocycles. The summed E-state index contributed by atoms with van der Waals surface area (Å²) in [4.78, 5) is 0.364. The zero-order valence-electron chi connectivity index (χ0n) is 12.5. The van der Waals surface area contributed by atoms with Gasteiger partial charge in [0.1, 0.15) is 0 Å². The van der Waals surface area contributed by atoms with Gasteiger partial charge in [0, 0.05) is 12.6 Å². The average molecular weight is 297 g/mol. The highest BCUT2D eigenvalue weighted by Gasteiger charge is 2.33. The second-order valence-electron chi connectivity index (χ2n) is 5.79. The van der Waals surface area contributed by atoms with E-state index >= 15 is 0 Å². The van der Waals surface area contributed by atoms with Gasteiger partial charge in [-0.2, -0.15) is 4.31 Å². The first kappa shape index (κ1) is 15.5. The van der Waals surface area contributed by atoms with Gasteiger partial charge in [-0.05, 0) is 37.5 Å². The van der Waals surface area contributed by atoms with Gasteiger partial charge in [-0.3, -0.25) is 0 Å². The van der Waals surface area contributed by atoms with Crippen LogP contribution in [0.15, 0.2) is 29.2 Å². The molecule has 4 nitrogen and oxygen atoms in total. The predicted molar refractivity (Wildman–Crippen MR) is 79.3 cm³/mol. The molecule has 0 aliphatic carbocycles. The molecule has 112 valence electrons. The molecule has 1 heterocycles. The highest BCUT2D eigenvalue weighted by Crippen LogP contribution is 2.24. The zero-order valence-corrected chi connectivity index (χ0v) is 13.4. The van der Waals surface area contributed by atoms with E-state index in [1.54, 1.807) is 16.4 Å². The Morgan fingerprint density at radius 2 is 1.80 bits per heavy atom. The van der Waals surface area contributed by atoms with E-state index in [4.69, 9.17) is 4.74 Å². The third-order valence-electron chi connectivity index (χ3n) is 3.70. The molecule has 0 spiro atoms. The fourth-order valence-electron chi connectivity index (χ4n) is 2.37. The molecule has 2 atom stereocenters. The normalized spacial score (nSPS) is 25.1. The Bertz CT molecular complexity index is 551. The number of sulfonamides is 1. The van der Waals surface area contributed by atoms with Crippen molar-refractivity contribution in [2.24, 2.45) is 0 Å². The van der Waals surface area contributed by atoms with Crippen LogP contribution in [0.4, 0.5) is 0 Å². The van der Waals surface area contributed by atoms with E-state index in [2.05, 4.69) is 13.8 Å². The summed E-state index contributed by atoms with van der Waals surface area (Å²) in [5.74, 6) is 0.397. The molecular formula is C15H23NO3S. The molecule has 1 fully saturated rings. The van der Waals surface area contributed by atoms with Gasteiger partial charge in [0.05, 0.1) is 17.6 Å². The summed E-state index contributed by atoms with van der Waals surface area (Å²) >= 11 is 0. The molecule has 1 aliphatic heterocycles. The summed E-state index contributed by atoms with van der Waals surface area (Å²) in [6.45, 7) is 8.83. The minimum atomic E-state index is -3.43. The van der Waals surface area contributed by atoms with E-state index in [9.17, 15) is 8.42 Å². The first-order chi connectivity index (χ1) is 9.32. The Hall–Kier alpha value is -0.910. The molecule has 0 radical (unpaired) electrons. The van der Waals surface area contributed by atoms with Crippen LogP contribution in [0.3, 0.4) is 0 Å². The molecule has 20 heavy (non-hydrogen) atoms. The SMILES string of the molecule is CC1CN(S(=O)(=O)c2ccc(C(C)C)cc2)C(C)CO1. The number of benzene rings is 1. The lowest BCUT2D eigenvalue weighted by Gasteiger charge is -2.35. The molecule has 5 heteroatoms. The van der Waals surface area contributed by atoms with Crippen molar-refractivity contribution >= 4 is 10.0 Å². The third-order valence-corrected chi connectivity index (χ3v) is 5.70. The summed E-state index contributed by atoms with van der Waals surface area (Å²) in [5.41, 5.74) is 1.15. The second kappa shape index (κ2) is 5.84. The summed E-state index contributed by atoms with van der Waals surface area (Å²) in [5, 5.41) is 0. The number of morpholine rings is 1. The molecule has 1 aromatic carbocycles. The number of ether oxygens (including phenoxy) is 1. The summed E-state index contributed by atoms with van der Waals surface area (Å²) < 4.78 is 32.4. The van der Waals surface area contributed by atoms with Gasteiger partial charge in [-0.25, -0.2) is 8.42 Å². The Labute approximate surface area is 121 Å². The maximum Gasteiger partial charge on any atom is 0.243 e. The monoisotopic (exact) mass is 297 g/mol. The van der Waals surface area contributed by atoms with E-state index in [1.807, 2.05) is 26.0 Å². The third kappa shape index (κ3) is 3.05. The fourth-order valence-corrected chi connectivity index (χ4v) is 4.06. The summed E-state index contributed by atoms with van der Waals surface area (Å²) in [6, 6.07) is 7.08. The van der Waals surface area contributed by atoms with Gasteiger partial charge in [-0.15, -0.1) is 0 Å². The van der Waals surface area contributed by atoms with Crippen molar-refractivity contribution in [2.75, 3.05) is 13.2 Å². The highest BCUT2D eigenvalue weighted by atomic mass is 32.2. The molecule has 1 aromatic rings. The Kier molecular flexibility index (Phi) is 4.52. The number of hydrogen-bond donors (Lipinski definition) is 0. The van der Waals surface area contributed by atoms with Crippen LogP contribution in [0.25, 0.3) is 0 Å². The minimum Gasteiger partial charge on any atom is -0.375 e. The molecule has 0 amide bonds. The Morgan fingerprint density at radius 3 is 2.35 bits per heavy atom. The van der Waals surface area contributed by atoms with Crippen molar-refractivity contribution in [3.8, 4) is 0 Å². The van der Waals surface area contributed by atoms with E-state index < -0.39 is 10.0 Å². The van der Waals surface area contributed by atoms with Gasteiger partial charge < -0.3 is 4.74 Å². The maximum atomic E-state index is 12.7. The lowest BCUT2D eigenvalue weighted by Crippen LogP contribution is -2.50. The molecule has 0 N–H and O–H groups in total. The minimum absolute atomic E-state index is 0.0593. The van der Waals surface area contributed by atoms with Crippen molar-refractivity contribution in [1.29, 1.82) is 0 Å². The van der Waals surface area contributed by atoms with E-state index in [0.29, 0.717) is 24.0 Å². The fraction of sp³-hybridized carbons (Fsp3) is 0.600. The van der Waals surface area contributed by atoms with Crippen LogP contribution in [-0.2, 0) is 14.8 Å². The van der Waals surface area contributed by atoms with Crippen molar-refractivity contribution in [3.05, 3.63) is 29.8 Å². The van der Waals surface area contributed by atoms with Gasteiger partial charge in [0.25, 0.3) is 0 Å². The van der Waals surface area contributed by atoms with Crippen LogP contribution < -0.4 is 0 Å². The average Bonchev–Trinajstić information content (AvgIpc) is 2.41. The number of hydrogen-bond acceptors (Lipinski definition) is 3. The van der Waals surface area contributed by atoms with Crippen LogP contribution in [-0.4, -0.2) is 38.0 Å². The molecule has 1 aliphatic rings. The van der Waals surface area contributed by atoms with Gasteiger partial charge in [-0.1, -0.05) is 26.0 Å². The largest absolute Gasteiger partial charge is 0.375 e. The van der Waals surface area contributed by atoms with E-state index in [0.717, 1.165) is 5.56 Å². The van der Waals surface area contributed by atoms with Gasteiger partial charge in [0.2, 0.25) is 10.0 Å². The lowest BCUT2D eigenvalue weighted by atomic mass is 10.0. The topological polar surface area (TPSA) is 46.6 Å². The molecule has 2 rings (SSSR count). The van der Waals surface area contributed by atoms with Crippen LogP contribution >= 0.6 is 0 Å².